The summed E-state index contributed by atoms with van der Waals surface area (Å²) in [6, 6.07) is 1.89. The summed E-state index contributed by atoms with van der Waals surface area (Å²) in [7, 11) is 0. The smallest absolute Gasteiger partial charge is 0.325 e. The van der Waals surface area contributed by atoms with Gasteiger partial charge in [0.2, 0.25) is 0 Å². The molecule has 0 bridgehead atoms. The summed E-state index contributed by atoms with van der Waals surface area (Å²) in [6.45, 7) is 9.20. The zero-order valence-corrected chi connectivity index (χ0v) is 15.8. The zero-order valence-electron chi connectivity index (χ0n) is 15.8. The Morgan fingerprint density at radius 3 is 1.88 bits per heavy atom. The molecule has 0 saturated carbocycles. The van der Waals surface area contributed by atoms with Crippen molar-refractivity contribution in [3.8, 4) is 6.07 Å². The van der Waals surface area contributed by atoms with Crippen LogP contribution >= 0.6 is 0 Å². The van der Waals surface area contributed by atoms with Crippen molar-refractivity contribution in [3.63, 3.8) is 0 Å². The Labute approximate surface area is 146 Å². The van der Waals surface area contributed by atoms with Gasteiger partial charge in [-0.3, -0.25) is 9.59 Å². The summed E-state index contributed by atoms with van der Waals surface area (Å²) in [5.41, 5.74) is -2.63. The molecule has 138 valence electrons. The number of carboxylic acid groups (broad SMARTS) is 2. The van der Waals surface area contributed by atoms with Gasteiger partial charge in [0.15, 0.2) is 5.41 Å². The third-order valence-corrected chi connectivity index (χ3v) is 5.30. The molecule has 24 heavy (non-hydrogen) atoms. The Bertz CT molecular complexity index is 468. The molecule has 0 fully saturated rings. The summed E-state index contributed by atoms with van der Waals surface area (Å²) >= 11 is 0. The van der Waals surface area contributed by atoms with Crippen molar-refractivity contribution in [1.29, 1.82) is 5.26 Å². The molecular weight excluding hydrogens is 306 g/mol. The number of carbonyl (C=O) groups is 2. The minimum Gasteiger partial charge on any atom is -0.481 e. The quantitative estimate of drug-likeness (QED) is 0.501. The van der Waals surface area contributed by atoms with E-state index in [1.165, 1.54) is 0 Å². The van der Waals surface area contributed by atoms with Crippen molar-refractivity contribution in [2.75, 3.05) is 0 Å². The van der Waals surface area contributed by atoms with Crippen LogP contribution in [0.1, 0.15) is 79.6 Å². The van der Waals surface area contributed by atoms with E-state index in [2.05, 4.69) is 6.92 Å². The average Bonchev–Trinajstić information content (AvgIpc) is 2.49. The van der Waals surface area contributed by atoms with Crippen molar-refractivity contribution in [3.05, 3.63) is 0 Å². The topological polar surface area (TPSA) is 98.4 Å². The minimum atomic E-state index is -1.92. The number of hydrogen-bond donors (Lipinski definition) is 2. The van der Waals surface area contributed by atoms with Crippen molar-refractivity contribution in [2.24, 2.45) is 22.7 Å². The lowest BCUT2D eigenvalue weighted by Crippen LogP contribution is -2.52. The number of aliphatic carboxylic acids is 2. The highest BCUT2D eigenvalue weighted by molar-refractivity contribution is 5.87. The molecule has 0 rings (SSSR count). The lowest BCUT2D eigenvalue weighted by molar-refractivity contribution is -0.169. The molecule has 2 N–H and O–H groups in total. The predicted molar refractivity (Wildman–Crippen MR) is 93.4 cm³/mol. The molecule has 0 aromatic heterocycles. The van der Waals surface area contributed by atoms with E-state index in [1.807, 2.05) is 19.9 Å². The van der Waals surface area contributed by atoms with Gasteiger partial charge >= 0.3 is 11.9 Å². The SMILES string of the molecule is CCCCCC(C)(CCCC)C(C(=O)O)C(C#N)(C(=O)O)C(C)C. The largest absolute Gasteiger partial charge is 0.481 e. The van der Waals surface area contributed by atoms with Crippen molar-refractivity contribution >= 4 is 11.9 Å². The number of rotatable bonds is 12. The van der Waals surface area contributed by atoms with Crippen molar-refractivity contribution in [1.82, 2.24) is 0 Å². The predicted octanol–water partition coefficient (Wildman–Crippen LogP) is 4.71. The van der Waals surface area contributed by atoms with Crippen LogP contribution in [0.4, 0.5) is 0 Å². The summed E-state index contributed by atoms with van der Waals surface area (Å²) in [4.78, 5) is 24.1. The molecule has 0 saturated heterocycles. The van der Waals surface area contributed by atoms with Crippen LogP contribution in [-0.2, 0) is 9.59 Å². The molecular formula is C19H33NO4. The van der Waals surface area contributed by atoms with E-state index >= 15 is 0 Å². The highest BCUT2D eigenvalue weighted by atomic mass is 16.4. The molecule has 5 heteroatoms. The lowest BCUT2D eigenvalue weighted by atomic mass is 9.56. The first-order valence-electron chi connectivity index (χ1n) is 9.01. The average molecular weight is 339 g/mol. The number of nitrogens with zero attached hydrogens (tertiary/aromatic N) is 1. The van der Waals surface area contributed by atoms with Gasteiger partial charge in [-0.2, -0.15) is 5.26 Å². The third-order valence-electron chi connectivity index (χ3n) is 5.30. The molecule has 0 aromatic rings. The molecule has 0 amide bonds. The van der Waals surface area contributed by atoms with Gasteiger partial charge in [0, 0.05) is 0 Å². The van der Waals surface area contributed by atoms with Crippen LogP contribution < -0.4 is 0 Å². The van der Waals surface area contributed by atoms with Crippen molar-refractivity contribution in [2.45, 2.75) is 79.6 Å². The molecule has 0 heterocycles. The number of hydrogen-bond acceptors (Lipinski definition) is 3. The molecule has 3 atom stereocenters. The Balaban J connectivity index is 6.12. The zero-order chi connectivity index (χ0) is 19.0. The summed E-state index contributed by atoms with van der Waals surface area (Å²) in [6.07, 6.45) is 5.81. The van der Waals surface area contributed by atoms with Gasteiger partial charge in [0.05, 0.1) is 12.0 Å². The fourth-order valence-corrected chi connectivity index (χ4v) is 3.76. The summed E-state index contributed by atoms with van der Waals surface area (Å²) in [5.74, 6) is -4.32. The Morgan fingerprint density at radius 2 is 1.54 bits per heavy atom. The number of unbranched alkanes of at least 4 members (excludes halogenated alkanes) is 3. The first-order chi connectivity index (χ1) is 11.1. The van der Waals surface area contributed by atoms with Gasteiger partial charge in [-0.15, -0.1) is 0 Å². The molecule has 3 unspecified atom stereocenters. The van der Waals surface area contributed by atoms with Crippen LogP contribution in [0, 0.1) is 34.0 Å². The first-order valence-corrected chi connectivity index (χ1v) is 9.01. The van der Waals surface area contributed by atoms with Crippen LogP contribution in [0.5, 0.6) is 0 Å². The Kier molecular flexibility index (Phi) is 9.03. The van der Waals surface area contributed by atoms with E-state index in [0.717, 1.165) is 32.1 Å². The molecule has 5 nitrogen and oxygen atoms in total. The maximum atomic E-state index is 12.1. The highest BCUT2D eigenvalue weighted by Gasteiger charge is 2.59. The van der Waals surface area contributed by atoms with Gasteiger partial charge in [-0.25, -0.2) is 0 Å². The van der Waals surface area contributed by atoms with E-state index in [-0.39, 0.29) is 0 Å². The van der Waals surface area contributed by atoms with Crippen LogP contribution in [0.3, 0.4) is 0 Å². The lowest BCUT2D eigenvalue weighted by Gasteiger charge is -2.44. The molecule has 0 spiro atoms. The molecule has 0 aliphatic carbocycles. The fourth-order valence-electron chi connectivity index (χ4n) is 3.76. The third kappa shape index (κ3) is 4.72. The van der Waals surface area contributed by atoms with E-state index in [0.29, 0.717) is 12.8 Å². The standard InChI is InChI=1S/C19H33NO4/c1-6-8-10-12-18(5,11-9-7-2)15(16(21)22)19(13-20,14(3)4)17(23)24/h14-15H,6-12H2,1-5H3,(H,21,22)(H,23,24). The normalized spacial score (nSPS) is 17.5. The van der Waals surface area contributed by atoms with Crippen LogP contribution in [0.2, 0.25) is 0 Å². The monoisotopic (exact) mass is 339 g/mol. The van der Waals surface area contributed by atoms with E-state index in [1.54, 1.807) is 13.8 Å². The van der Waals surface area contributed by atoms with Crippen LogP contribution in [0.25, 0.3) is 0 Å². The molecule has 0 aliphatic heterocycles. The van der Waals surface area contributed by atoms with Gasteiger partial charge in [0.25, 0.3) is 0 Å². The van der Waals surface area contributed by atoms with Gasteiger partial charge in [-0.1, -0.05) is 66.7 Å². The second kappa shape index (κ2) is 9.66. The summed E-state index contributed by atoms with van der Waals surface area (Å²) in [5, 5.41) is 29.4. The molecule has 0 aromatic carbocycles. The van der Waals surface area contributed by atoms with Gasteiger partial charge in [0.1, 0.15) is 0 Å². The molecule has 0 aliphatic rings. The first kappa shape index (κ1) is 22.4. The minimum absolute atomic E-state index is 0.590. The highest BCUT2D eigenvalue weighted by Crippen LogP contribution is 2.50. The molecule has 0 radical (unpaired) electrons. The second-order valence-corrected chi connectivity index (χ2v) is 7.43. The van der Waals surface area contributed by atoms with Crippen molar-refractivity contribution < 1.29 is 19.8 Å². The van der Waals surface area contributed by atoms with E-state index in [9.17, 15) is 25.1 Å². The van der Waals surface area contributed by atoms with Crippen LogP contribution in [0.15, 0.2) is 0 Å². The maximum Gasteiger partial charge on any atom is 0.325 e. The van der Waals surface area contributed by atoms with E-state index in [4.69, 9.17) is 0 Å². The Hall–Kier alpha value is -1.57. The van der Waals surface area contributed by atoms with Gasteiger partial charge in [-0.05, 0) is 24.2 Å². The van der Waals surface area contributed by atoms with Gasteiger partial charge < -0.3 is 10.2 Å². The number of carboxylic acids is 2. The maximum absolute atomic E-state index is 12.1. The second-order valence-electron chi connectivity index (χ2n) is 7.43. The van der Waals surface area contributed by atoms with Crippen LogP contribution in [-0.4, -0.2) is 22.2 Å². The van der Waals surface area contributed by atoms with E-state index < -0.39 is 34.6 Å². The summed E-state index contributed by atoms with van der Waals surface area (Å²) < 4.78 is 0. The fraction of sp³-hybridized carbons (Fsp3) is 0.842. The number of nitriles is 1. The Morgan fingerprint density at radius 1 is 1.04 bits per heavy atom.